The molecule has 1 aromatic rings. The largest absolute Gasteiger partial charge is 0.302 e. The van der Waals surface area contributed by atoms with Crippen molar-refractivity contribution in [3.8, 4) is 0 Å². The summed E-state index contributed by atoms with van der Waals surface area (Å²) in [6, 6.07) is 0.685. The summed E-state index contributed by atoms with van der Waals surface area (Å²) < 4.78 is 2.10. The van der Waals surface area contributed by atoms with Crippen molar-refractivity contribution in [3.63, 3.8) is 0 Å². The van der Waals surface area contributed by atoms with Crippen LogP contribution in [0.1, 0.15) is 52.0 Å². The van der Waals surface area contributed by atoms with Crippen molar-refractivity contribution >= 4 is 0 Å². The Morgan fingerprint density at radius 3 is 2.59 bits per heavy atom. The maximum absolute atomic E-state index is 4.43. The highest BCUT2D eigenvalue weighted by Gasteiger charge is 2.21. The summed E-state index contributed by atoms with van der Waals surface area (Å²) in [6.07, 6.45) is 6.84. The summed E-state index contributed by atoms with van der Waals surface area (Å²) in [6.45, 7) is 10.7. The smallest absolute Gasteiger partial charge is 0.0564 e. The van der Waals surface area contributed by atoms with Crippen LogP contribution in [0.15, 0.2) is 12.4 Å². The lowest BCUT2D eigenvalue weighted by Gasteiger charge is -2.18. The van der Waals surface area contributed by atoms with E-state index in [9.17, 15) is 0 Å². The summed E-state index contributed by atoms with van der Waals surface area (Å²) in [5, 5.41) is 4.43. The average molecular weight is 237 g/mol. The molecule has 1 aromatic heterocycles. The molecular formula is C14H27N3. The minimum absolute atomic E-state index is 0.583. The van der Waals surface area contributed by atoms with Crippen LogP contribution in [0.3, 0.4) is 0 Å². The van der Waals surface area contributed by atoms with Gasteiger partial charge in [-0.25, -0.2) is 0 Å². The van der Waals surface area contributed by atoms with Gasteiger partial charge in [0.2, 0.25) is 0 Å². The molecule has 1 aliphatic rings. The molecule has 17 heavy (non-hydrogen) atoms. The Morgan fingerprint density at radius 1 is 1.41 bits per heavy atom. The van der Waals surface area contributed by atoms with Crippen molar-refractivity contribution in [1.82, 2.24) is 14.7 Å². The van der Waals surface area contributed by atoms with Gasteiger partial charge in [0.25, 0.3) is 0 Å². The zero-order valence-electron chi connectivity index (χ0n) is 12.0. The average Bonchev–Trinajstić information content (AvgIpc) is 2.93. The van der Waals surface area contributed by atoms with Gasteiger partial charge in [0.05, 0.1) is 12.7 Å². The molecule has 0 radical (unpaired) electrons. The van der Waals surface area contributed by atoms with Gasteiger partial charge in [-0.15, -0.1) is 0 Å². The first-order valence-electron chi connectivity index (χ1n) is 6.89. The molecule has 1 unspecified atom stereocenters. The summed E-state index contributed by atoms with van der Waals surface area (Å²) in [4.78, 5) is 2.44. The van der Waals surface area contributed by atoms with Crippen LogP contribution >= 0.6 is 0 Å². The Balaban J connectivity index is 0.000000686. The van der Waals surface area contributed by atoms with E-state index in [1.165, 1.54) is 24.9 Å². The molecule has 3 heteroatoms. The van der Waals surface area contributed by atoms with E-state index in [0.717, 1.165) is 6.54 Å². The molecule has 1 fully saturated rings. The molecule has 0 bridgehead atoms. The van der Waals surface area contributed by atoms with Crippen molar-refractivity contribution in [1.29, 1.82) is 0 Å². The first kappa shape index (κ1) is 14.2. The highest BCUT2D eigenvalue weighted by Crippen LogP contribution is 2.18. The summed E-state index contributed by atoms with van der Waals surface area (Å²) in [5.41, 5.74) is 1.34. The zero-order valence-corrected chi connectivity index (χ0v) is 12.0. The molecule has 2 heterocycles. The van der Waals surface area contributed by atoms with Gasteiger partial charge >= 0.3 is 0 Å². The predicted molar refractivity (Wildman–Crippen MR) is 73.3 cm³/mol. The van der Waals surface area contributed by atoms with Crippen LogP contribution in [0.4, 0.5) is 0 Å². The summed E-state index contributed by atoms with van der Waals surface area (Å²) >= 11 is 0. The number of rotatable bonds is 3. The third-order valence-corrected chi connectivity index (χ3v) is 3.39. The van der Waals surface area contributed by atoms with Crippen molar-refractivity contribution in [2.75, 3.05) is 13.6 Å². The molecule has 0 N–H and O–H groups in total. The second-order valence-corrected chi connectivity index (χ2v) is 4.93. The van der Waals surface area contributed by atoms with Crippen LogP contribution in [0, 0.1) is 0 Å². The molecule has 1 saturated heterocycles. The highest BCUT2D eigenvalue weighted by atomic mass is 15.3. The normalized spacial score (nSPS) is 20.5. The molecule has 0 aromatic carbocycles. The fourth-order valence-electron chi connectivity index (χ4n) is 2.20. The van der Waals surface area contributed by atoms with Crippen LogP contribution in [0.25, 0.3) is 0 Å². The van der Waals surface area contributed by atoms with Gasteiger partial charge in [0.1, 0.15) is 0 Å². The first-order valence-corrected chi connectivity index (χ1v) is 6.89. The van der Waals surface area contributed by atoms with E-state index in [1.54, 1.807) is 0 Å². The molecule has 0 spiro atoms. The summed E-state index contributed by atoms with van der Waals surface area (Å²) in [5.74, 6) is 0.583. The number of aromatic nitrogens is 2. The fraction of sp³-hybridized carbons (Fsp3) is 0.786. The van der Waals surface area contributed by atoms with Gasteiger partial charge in [0, 0.05) is 12.2 Å². The number of likely N-dealkylation sites (tertiary alicyclic amines) is 1. The van der Waals surface area contributed by atoms with E-state index >= 15 is 0 Å². The second-order valence-electron chi connectivity index (χ2n) is 4.93. The van der Waals surface area contributed by atoms with Crippen LogP contribution in [0.5, 0.6) is 0 Å². The molecule has 0 saturated carbocycles. The van der Waals surface area contributed by atoms with Crippen LogP contribution < -0.4 is 0 Å². The van der Waals surface area contributed by atoms with E-state index in [4.69, 9.17) is 0 Å². The Morgan fingerprint density at radius 2 is 2.12 bits per heavy atom. The molecule has 1 aliphatic heterocycles. The van der Waals surface area contributed by atoms with Gasteiger partial charge in [-0.05, 0) is 37.9 Å². The van der Waals surface area contributed by atoms with E-state index in [1.807, 2.05) is 20.0 Å². The fourth-order valence-corrected chi connectivity index (χ4v) is 2.20. The molecule has 2 rings (SSSR count). The van der Waals surface area contributed by atoms with Crippen LogP contribution in [-0.4, -0.2) is 34.3 Å². The second kappa shape index (κ2) is 6.80. The molecule has 98 valence electrons. The van der Waals surface area contributed by atoms with Crippen molar-refractivity contribution < 1.29 is 0 Å². The topological polar surface area (TPSA) is 21.1 Å². The Labute approximate surface area is 106 Å². The predicted octanol–water partition coefficient (Wildman–Crippen LogP) is 3.13. The van der Waals surface area contributed by atoms with Crippen LogP contribution in [-0.2, 0) is 6.54 Å². The van der Waals surface area contributed by atoms with E-state index in [-0.39, 0.29) is 0 Å². The number of hydrogen-bond donors (Lipinski definition) is 0. The SMILES string of the molecule is CC.CC(C)c1cnn(CC2CCCN2C)c1. The van der Waals surface area contributed by atoms with E-state index < -0.39 is 0 Å². The first-order chi connectivity index (χ1) is 8.16. The number of hydrogen-bond acceptors (Lipinski definition) is 2. The Bertz CT molecular complexity index is 317. The Kier molecular flexibility index (Phi) is 5.69. The minimum atomic E-state index is 0.583. The maximum Gasteiger partial charge on any atom is 0.0564 e. The lowest BCUT2D eigenvalue weighted by molar-refractivity contribution is 0.274. The van der Waals surface area contributed by atoms with Gasteiger partial charge < -0.3 is 4.90 Å². The third-order valence-electron chi connectivity index (χ3n) is 3.39. The Hall–Kier alpha value is -0.830. The van der Waals surface area contributed by atoms with E-state index in [2.05, 4.69) is 41.8 Å². The lowest BCUT2D eigenvalue weighted by Crippen LogP contribution is -2.29. The minimum Gasteiger partial charge on any atom is -0.302 e. The third kappa shape index (κ3) is 3.84. The molecule has 0 amide bonds. The lowest BCUT2D eigenvalue weighted by atomic mass is 10.1. The molecule has 0 aliphatic carbocycles. The van der Waals surface area contributed by atoms with Gasteiger partial charge in [-0.3, -0.25) is 4.68 Å². The van der Waals surface area contributed by atoms with Crippen molar-refractivity contribution in [2.45, 2.75) is 59.0 Å². The van der Waals surface area contributed by atoms with Crippen LogP contribution in [0.2, 0.25) is 0 Å². The highest BCUT2D eigenvalue weighted by molar-refractivity contribution is 5.08. The van der Waals surface area contributed by atoms with Gasteiger partial charge in [0.15, 0.2) is 0 Å². The number of likely N-dealkylation sites (N-methyl/N-ethyl adjacent to an activating group) is 1. The van der Waals surface area contributed by atoms with Gasteiger partial charge in [-0.2, -0.15) is 5.10 Å². The monoisotopic (exact) mass is 237 g/mol. The van der Waals surface area contributed by atoms with Crippen molar-refractivity contribution in [2.24, 2.45) is 0 Å². The standard InChI is InChI=1S/C12H21N3.C2H6/c1-10(2)11-7-13-15(8-11)9-12-5-4-6-14(12)3;1-2/h7-8,10,12H,4-6,9H2,1-3H3;1-2H3. The van der Waals surface area contributed by atoms with E-state index in [0.29, 0.717) is 12.0 Å². The van der Waals surface area contributed by atoms with Crippen molar-refractivity contribution in [3.05, 3.63) is 18.0 Å². The molecule has 3 nitrogen and oxygen atoms in total. The quantitative estimate of drug-likeness (QED) is 0.805. The molecular weight excluding hydrogens is 210 g/mol. The van der Waals surface area contributed by atoms with Gasteiger partial charge in [-0.1, -0.05) is 27.7 Å². The molecule has 1 atom stereocenters. The summed E-state index contributed by atoms with van der Waals surface area (Å²) in [7, 11) is 2.21. The number of nitrogens with zero attached hydrogens (tertiary/aromatic N) is 3. The zero-order chi connectivity index (χ0) is 12.8. The maximum atomic E-state index is 4.43.